The van der Waals surface area contributed by atoms with E-state index in [9.17, 15) is 9.59 Å². The minimum absolute atomic E-state index is 0.151. The van der Waals surface area contributed by atoms with Crippen LogP contribution < -0.4 is 15.5 Å². The van der Waals surface area contributed by atoms with Crippen LogP contribution in [0.2, 0.25) is 0 Å². The molecule has 1 aliphatic heterocycles. The van der Waals surface area contributed by atoms with Gasteiger partial charge in [-0.05, 0) is 42.5 Å². The Morgan fingerprint density at radius 3 is 2.24 bits per heavy atom. The van der Waals surface area contributed by atoms with Crippen molar-refractivity contribution in [3.8, 4) is 0 Å². The zero-order valence-corrected chi connectivity index (χ0v) is 14.1. The number of benzene rings is 2. The lowest BCUT2D eigenvalue weighted by Gasteiger charge is -2.28. The van der Waals surface area contributed by atoms with Gasteiger partial charge >= 0.3 is 0 Å². The summed E-state index contributed by atoms with van der Waals surface area (Å²) in [6.45, 7) is 4.63. The molecule has 1 fully saturated rings. The standard InChI is InChI=1S/C19H21N3O3/c1-14(23)20-16-3-2-4-17(13-16)21-19(24)15-5-7-18(8-6-15)22-9-11-25-12-10-22/h2-8,13H,9-12H2,1H3,(H,20,23)(H,21,24). The Morgan fingerprint density at radius 2 is 1.60 bits per heavy atom. The van der Waals surface area contributed by atoms with E-state index in [2.05, 4.69) is 15.5 Å². The zero-order chi connectivity index (χ0) is 17.6. The number of morpholine rings is 1. The number of amides is 2. The van der Waals surface area contributed by atoms with E-state index >= 15 is 0 Å². The van der Waals surface area contributed by atoms with Crippen LogP contribution in [0.5, 0.6) is 0 Å². The Hall–Kier alpha value is -2.86. The Kier molecular flexibility index (Phi) is 5.30. The number of carbonyl (C=O) groups excluding carboxylic acids is 2. The average molecular weight is 339 g/mol. The van der Waals surface area contributed by atoms with E-state index in [1.807, 2.05) is 24.3 Å². The van der Waals surface area contributed by atoms with Crippen LogP contribution in [0.25, 0.3) is 0 Å². The third-order valence-corrected chi connectivity index (χ3v) is 3.95. The molecule has 1 heterocycles. The van der Waals surface area contributed by atoms with Crippen molar-refractivity contribution in [1.82, 2.24) is 0 Å². The molecule has 0 bridgehead atoms. The fourth-order valence-corrected chi connectivity index (χ4v) is 2.73. The van der Waals surface area contributed by atoms with Crippen LogP contribution >= 0.6 is 0 Å². The highest BCUT2D eigenvalue weighted by molar-refractivity contribution is 6.04. The maximum atomic E-state index is 12.4. The molecule has 2 aromatic carbocycles. The first-order valence-corrected chi connectivity index (χ1v) is 8.23. The molecule has 6 heteroatoms. The van der Waals surface area contributed by atoms with Gasteiger partial charge in [0, 0.05) is 42.6 Å². The summed E-state index contributed by atoms with van der Waals surface area (Å²) in [6, 6.07) is 14.6. The maximum absolute atomic E-state index is 12.4. The van der Waals surface area contributed by atoms with Gasteiger partial charge in [0.05, 0.1) is 13.2 Å². The summed E-state index contributed by atoms with van der Waals surface area (Å²) in [6.07, 6.45) is 0. The van der Waals surface area contributed by atoms with Crippen molar-refractivity contribution in [1.29, 1.82) is 0 Å². The topological polar surface area (TPSA) is 70.7 Å². The second-order valence-electron chi connectivity index (χ2n) is 5.86. The Labute approximate surface area is 146 Å². The summed E-state index contributed by atoms with van der Waals surface area (Å²) >= 11 is 0. The van der Waals surface area contributed by atoms with E-state index in [1.165, 1.54) is 6.92 Å². The Balaban J connectivity index is 1.65. The molecule has 0 radical (unpaired) electrons. The summed E-state index contributed by atoms with van der Waals surface area (Å²) in [5.41, 5.74) is 2.95. The van der Waals surface area contributed by atoms with Crippen LogP contribution in [0, 0.1) is 0 Å². The van der Waals surface area contributed by atoms with E-state index in [1.54, 1.807) is 24.3 Å². The third-order valence-electron chi connectivity index (χ3n) is 3.95. The smallest absolute Gasteiger partial charge is 0.255 e. The second kappa shape index (κ2) is 7.81. The van der Waals surface area contributed by atoms with E-state index in [0.717, 1.165) is 32.0 Å². The first kappa shape index (κ1) is 17.0. The van der Waals surface area contributed by atoms with Gasteiger partial charge in [0.25, 0.3) is 5.91 Å². The van der Waals surface area contributed by atoms with Crippen molar-refractivity contribution in [3.05, 3.63) is 54.1 Å². The van der Waals surface area contributed by atoms with Gasteiger partial charge in [0.1, 0.15) is 0 Å². The highest BCUT2D eigenvalue weighted by Gasteiger charge is 2.12. The summed E-state index contributed by atoms with van der Waals surface area (Å²) in [4.78, 5) is 25.8. The first-order valence-electron chi connectivity index (χ1n) is 8.23. The van der Waals surface area contributed by atoms with Crippen LogP contribution in [-0.4, -0.2) is 38.1 Å². The number of carbonyl (C=O) groups is 2. The molecule has 25 heavy (non-hydrogen) atoms. The first-order chi connectivity index (χ1) is 12.1. The predicted octanol–water partition coefficient (Wildman–Crippen LogP) is 2.73. The highest BCUT2D eigenvalue weighted by Crippen LogP contribution is 2.19. The van der Waals surface area contributed by atoms with E-state index in [4.69, 9.17) is 4.74 Å². The second-order valence-corrected chi connectivity index (χ2v) is 5.86. The molecule has 6 nitrogen and oxygen atoms in total. The molecule has 3 rings (SSSR count). The van der Waals surface area contributed by atoms with Gasteiger partial charge in [-0.3, -0.25) is 9.59 Å². The lowest BCUT2D eigenvalue weighted by Crippen LogP contribution is -2.36. The van der Waals surface area contributed by atoms with Crippen molar-refractivity contribution in [2.75, 3.05) is 41.8 Å². The largest absolute Gasteiger partial charge is 0.378 e. The van der Waals surface area contributed by atoms with Gasteiger partial charge in [-0.1, -0.05) is 6.07 Å². The lowest BCUT2D eigenvalue weighted by molar-refractivity contribution is -0.114. The van der Waals surface area contributed by atoms with Crippen LogP contribution in [-0.2, 0) is 9.53 Å². The van der Waals surface area contributed by atoms with Gasteiger partial charge in [0.15, 0.2) is 0 Å². The molecular formula is C19H21N3O3. The SMILES string of the molecule is CC(=O)Nc1cccc(NC(=O)c2ccc(N3CCOCC3)cc2)c1. The Bertz CT molecular complexity index is 753. The number of nitrogens with zero attached hydrogens (tertiary/aromatic N) is 1. The Morgan fingerprint density at radius 1 is 0.960 bits per heavy atom. The monoisotopic (exact) mass is 339 g/mol. The van der Waals surface area contributed by atoms with Crippen LogP contribution in [0.3, 0.4) is 0 Å². The summed E-state index contributed by atoms with van der Waals surface area (Å²) in [7, 11) is 0. The number of hydrogen-bond acceptors (Lipinski definition) is 4. The molecule has 0 aliphatic carbocycles. The third kappa shape index (κ3) is 4.58. The fraction of sp³-hybridized carbons (Fsp3) is 0.263. The normalized spacial score (nSPS) is 14.0. The molecule has 1 saturated heterocycles. The van der Waals surface area contributed by atoms with Crippen molar-refractivity contribution < 1.29 is 14.3 Å². The van der Waals surface area contributed by atoms with Crippen LogP contribution in [0.15, 0.2) is 48.5 Å². The molecule has 2 N–H and O–H groups in total. The molecule has 2 aromatic rings. The molecule has 2 amide bonds. The molecule has 0 unspecified atom stereocenters. The quantitative estimate of drug-likeness (QED) is 0.898. The van der Waals surface area contributed by atoms with Gasteiger partial charge in [-0.15, -0.1) is 0 Å². The lowest BCUT2D eigenvalue weighted by atomic mass is 10.1. The molecule has 1 aliphatic rings. The van der Waals surface area contributed by atoms with Gasteiger partial charge < -0.3 is 20.3 Å². The zero-order valence-electron chi connectivity index (χ0n) is 14.1. The van der Waals surface area contributed by atoms with Crippen molar-refractivity contribution in [2.24, 2.45) is 0 Å². The number of nitrogens with one attached hydrogen (secondary N) is 2. The molecular weight excluding hydrogens is 318 g/mol. The number of hydrogen-bond donors (Lipinski definition) is 2. The fourth-order valence-electron chi connectivity index (χ4n) is 2.73. The summed E-state index contributed by atoms with van der Waals surface area (Å²) in [5, 5.41) is 5.54. The van der Waals surface area contributed by atoms with Crippen molar-refractivity contribution in [2.45, 2.75) is 6.92 Å². The van der Waals surface area contributed by atoms with Gasteiger partial charge in [0.2, 0.25) is 5.91 Å². The summed E-state index contributed by atoms with van der Waals surface area (Å²) in [5.74, 6) is -0.337. The summed E-state index contributed by atoms with van der Waals surface area (Å²) < 4.78 is 5.35. The molecule has 0 spiro atoms. The maximum Gasteiger partial charge on any atom is 0.255 e. The van der Waals surface area contributed by atoms with E-state index in [0.29, 0.717) is 16.9 Å². The van der Waals surface area contributed by atoms with E-state index < -0.39 is 0 Å². The average Bonchev–Trinajstić information content (AvgIpc) is 2.62. The highest BCUT2D eigenvalue weighted by atomic mass is 16.5. The molecule has 0 saturated carbocycles. The minimum Gasteiger partial charge on any atom is -0.378 e. The molecule has 0 atom stereocenters. The van der Waals surface area contributed by atoms with E-state index in [-0.39, 0.29) is 11.8 Å². The molecule has 0 aromatic heterocycles. The number of rotatable bonds is 4. The van der Waals surface area contributed by atoms with Gasteiger partial charge in [-0.25, -0.2) is 0 Å². The predicted molar refractivity (Wildman–Crippen MR) is 98.2 cm³/mol. The minimum atomic E-state index is -0.187. The van der Waals surface area contributed by atoms with Crippen molar-refractivity contribution in [3.63, 3.8) is 0 Å². The number of ether oxygens (including phenoxy) is 1. The van der Waals surface area contributed by atoms with Crippen molar-refractivity contribution >= 4 is 28.9 Å². The van der Waals surface area contributed by atoms with Crippen LogP contribution in [0.4, 0.5) is 17.1 Å². The number of anilines is 3. The molecule has 130 valence electrons. The van der Waals surface area contributed by atoms with Crippen LogP contribution in [0.1, 0.15) is 17.3 Å². The van der Waals surface area contributed by atoms with Gasteiger partial charge in [-0.2, -0.15) is 0 Å².